The van der Waals surface area contributed by atoms with Crippen LogP contribution in [0.4, 0.5) is 17.2 Å². The Balaban J connectivity index is 1.36. The minimum atomic E-state index is 0.751. The summed E-state index contributed by atoms with van der Waals surface area (Å²) in [5, 5.41) is 7.82. The number of aromatic nitrogens is 3. The van der Waals surface area contributed by atoms with Crippen LogP contribution >= 0.6 is 0 Å². The number of hydrogen-bond acceptors (Lipinski definition) is 5. The predicted molar refractivity (Wildman–Crippen MR) is 129 cm³/mol. The molecule has 0 saturated heterocycles. The first-order valence-electron chi connectivity index (χ1n) is 10.4. The van der Waals surface area contributed by atoms with Crippen LogP contribution in [0.15, 0.2) is 97.3 Å². The van der Waals surface area contributed by atoms with Crippen LogP contribution in [-0.2, 0) is 0 Å². The third kappa shape index (κ3) is 4.11. The molecule has 3 aromatic carbocycles. The Labute approximate surface area is 186 Å². The van der Waals surface area contributed by atoms with Gasteiger partial charge in [-0.1, -0.05) is 30.3 Å². The number of anilines is 3. The highest BCUT2D eigenvalue weighted by molar-refractivity contribution is 5.79. The molecule has 6 heteroatoms. The lowest BCUT2D eigenvalue weighted by atomic mass is 10.1. The van der Waals surface area contributed by atoms with Crippen molar-refractivity contribution in [3.05, 3.63) is 97.3 Å². The fourth-order valence-electron chi connectivity index (χ4n) is 3.46. The topological polar surface area (TPSA) is 54.7 Å². The molecule has 0 radical (unpaired) electrons. The summed E-state index contributed by atoms with van der Waals surface area (Å²) in [7, 11) is 4.06. The van der Waals surface area contributed by atoms with Gasteiger partial charge in [-0.3, -0.25) is 0 Å². The molecule has 1 N–H and O–H groups in total. The van der Waals surface area contributed by atoms with Gasteiger partial charge in [-0.2, -0.15) is 5.10 Å². The molecule has 5 rings (SSSR count). The van der Waals surface area contributed by atoms with Crippen LogP contribution in [0, 0.1) is 0 Å². The summed E-state index contributed by atoms with van der Waals surface area (Å²) in [6.45, 7) is 0. The average molecular weight is 422 g/mol. The quantitative estimate of drug-likeness (QED) is 0.364. The average Bonchev–Trinajstić information content (AvgIpc) is 3.24. The van der Waals surface area contributed by atoms with Gasteiger partial charge in [0.15, 0.2) is 5.65 Å². The van der Waals surface area contributed by atoms with Crippen LogP contribution in [0.3, 0.4) is 0 Å². The lowest BCUT2D eigenvalue weighted by Gasteiger charge is -2.12. The lowest BCUT2D eigenvalue weighted by molar-refractivity contribution is 0.483. The summed E-state index contributed by atoms with van der Waals surface area (Å²) in [6, 6.07) is 27.9. The third-order valence-corrected chi connectivity index (χ3v) is 5.17. The second-order valence-electron chi connectivity index (χ2n) is 7.64. The van der Waals surface area contributed by atoms with Crippen molar-refractivity contribution in [2.75, 3.05) is 24.3 Å². The molecule has 0 aliphatic rings. The number of hydrogen-bond donors (Lipinski definition) is 1. The molecular formula is C26H23N5O. The van der Waals surface area contributed by atoms with E-state index in [1.165, 1.54) is 0 Å². The van der Waals surface area contributed by atoms with Gasteiger partial charge in [0.2, 0.25) is 0 Å². The van der Waals surface area contributed by atoms with Gasteiger partial charge in [0.25, 0.3) is 0 Å². The molecular weight excluding hydrogens is 398 g/mol. The molecule has 0 spiro atoms. The van der Waals surface area contributed by atoms with Crippen molar-refractivity contribution in [3.63, 3.8) is 0 Å². The van der Waals surface area contributed by atoms with E-state index in [0.29, 0.717) is 0 Å². The third-order valence-electron chi connectivity index (χ3n) is 5.17. The van der Waals surface area contributed by atoms with E-state index in [2.05, 4.69) is 39.6 Å². The monoisotopic (exact) mass is 421 g/mol. The molecule has 32 heavy (non-hydrogen) atoms. The van der Waals surface area contributed by atoms with Crippen molar-refractivity contribution in [1.29, 1.82) is 0 Å². The second kappa shape index (κ2) is 8.43. The molecule has 0 atom stereocenters. The Morgan fingerprint density at radius 3 is 2.25 bits per heavy atom. The number of ether oxygens (including phenoxy) is 1. The van der Waals surface area contributed by atoms with Crippen LogP contribution in [0.5, 0.6) is 11.5 Å². The largest absolute Gasteiger partial charge is 0.457 e. The maximum absolute atomic E-state index is 5.86. The van der Waals surface area contributed by atoms with Crippen LogP contribution in [-0.4, -0.2) is 28.7 Å². The zero-order valence-corrected chi connectivity index (χ0v) is 17.9. The molecule has 0 amide bonds. The number of rotatable bonds is 6. The first kappa shape index (κ1) is 19.6. The van der Waals surface area contributed by atoms with E-state index in [9.17, 15) is 0 Å². The summed E-state index contributed by atoms with van der Waals surface area (Å²) in [6.07, 6.45) is 3.77. The van der Waals surface area contributed by atoms with Gasteiger partial charge in [-0.05, 0) is 60.2 Å². The molecule has 158 valence electrons. The molecule has 5 aromatic rings. The maximum Gasteiger partial charge on any atom is 0.165 e. The van der Waals surface area contributed by atoms with Crippen molar-refractivity contribution < 1.29 is 4.74 Å². The minimum Gasteiger partial charge on any atom is -0.457 e. The Morgan fingerprint density at radius 1 is 0.812 bits per heavy atom. The minimum absolute atomic E-state index is 0.751. The van der Waals surface area contributed by atoms with Crippen LogP contribution in [0.2, 0.25) is 0 Å². The summed E-state index contributed by atoms with van der Waals surface area (Å²) < 4.78 is 7.65. The van der Waals surface area contributed by atoms with Gasteiger partial charge in [0, 0.05) is 37.2 Å². The van der Waals surface area contributed by atoms with Gasteiger partial charge >= 0.3 is 0 Å². The van der Waals surface area contributed by atoms with E-state index >= 15 is 0 Å². The summed E-state index contributed by atoms with van der Waals surface area (Å²) >= 11 is 0. The molecule has 0 bridgehead atoms. The van der Waals surface area contributed by atoms with Gasteiger partial charge in [-0.15, -0.1) is 0 Å². The fourth-order valence-corrected chi connectivity index (χ4v) is 3.46. The van der Waals surface area contributed by atoms with Crippen molar-refractivity contribution in [2.45, 2.75) is 0 Å². The fraction of sp³-hybridized carbons (Fsp3) is 0.0769. The van der Waals surface area contributed by atoms with Crippen molar-refractivity contribution >= 4 is 22.8 Å². The summed E-state index contributed by atoms with van der Waals surface area (Å²) in [5.41, 5.74) is 4.96. The van der Waals surface area contributed by atoms with Gasteiger partial charge < -0.3 is 15.0 Å². The van der Waals surface area contributed by atoms with E-state index in [1.54, 1.807) is 4.52 Å². The van der Waals surface area contributed by atoms with E-state index in [0.717, 1.165) is 45.5 Å². The van der Waals surface area contributed by atoms with Gasteiger partial charge in [-0.25, -0.2) is 9.50 Å². The van der Waals surface area contributed by atoms with E-state index in [4.69, 9.17) is 9.72 Å². The van der Waals surface area contributed by atoms with Crippen molar-refractivity contribution in [3.8, 4) is 22.6 Å². The molecule has 0 aliphatic carbocycles. The van der Waals surface area contributed by atoms with Gasteiger partial charge in [0.05, 0.1) is 6.20 Å². The van der Waals surface area contributed by atoms with Crippen LogP contribution < -0.4 is 15.0 Å². The highest BCUT2D eigenvalue weighted by atomic mass is 16.5. The van der Waals surface area contributed by atoms with E-state index in [1.807, 2.05) is 87.2 Å². The molecule has 2 heterocycles. The summed E-state index contributed by atoms with van der Waals surface area (Å²) in [4.78, 5) is 6.88. The number of para-hydroxylation sites is 1. The summed E-state index contributed by atoms with van der Waals surface area (Å²) in [5.74, 6) is 2.34. The lowest BCUT2D eigenvalue weighted by Crippen LogP contribution is -2.07. The predicted octanol–water partition coefficient (Wildman–Crippen LogP) is 6.00. The number of nitrogens with zero attached hydrogens (tertiary/aromatic N) is 4. The van der Waals surface area contributed by atoms with E-state index in [-0.39, 0.29) is 0 Å². The smallest absolute Gasteiger partial charge is 0.165 e. The highest BCUT2D eigenvalue weighted by Gasteiger charge is 2.10. The Kier molecular flexibility index (Phi) is 5.17. The van der Waals surface area contributed by atoms with Crippen molar-refractivity contribution in [1.82, 2.24) is 14.6 Å². The zero-order valence-electron chi connectivity index (χ0n) is 17.9. The van der Waals surface area contributed by atoms with Crippen LogP contribution in [0.1, 0.15) is 0 Å². The number of benzene rings is 3. The molecule has 2 aromatic heterocycles. The molecule has 0 aliphatic heterocycles. The first-order valence-corrected chi connectivity index (χ1v) is 10.4. The van der Waals surface area contributed by atoms with Crippen LogP contribution in [0.25, 0.3) is 16.8 Å². The molecule has 6 nitrogen and oxygen atoms in total. The second-order valence-corrected chi connectivity index (χ2v) is 7.64. The Bertz CT molecular complexity index is 1330. The van der Waals surface area contributed by atoms with Gasteiger partial charge in [0.1, 0.15) is 17.3 Å². The standard InChI is InChI=1S/C26H23N5O/c1-30(2)21-12-8-19(9-13-21)24-18-27-31-17-16-25(29-26(24)31)28-20-10-14-23(15-11-20)32-22-6-4-3-5-7-22/h3-18H,1-2H3,(H,28,29). The number of nitrogens with one attached hydrogen (secondary N) is 1. The molecule has 0 saturated carbocycles. The Hall–Kier alpha value is -4.32. The maximum atomic E-state index is 5.86. The van der Waals surface area contributed by atoms with Crippen molar-refractivity contribution in [2.24, 2.45) is 0 Å². The number of fused-ring (bicyclic) bond motifs is 1. The first-order chi connectivity index (χ1) is 15.7. The molecule has 0 fully saturated rings. The SMILES string of the molecule is CN(C)c1ccc(-c2cnn3ccc(Nc4ccc(Oc5ccccc5)cc4)nc23)cc1. The molecule has 0 unspecified atom stereocenters. The highest BCUT2D eigenvalue weighted by Crippen LogP contribution is 2.28. The zero-order chi connectivity index (χ0) is 21.9. The van der Waals surface area contributed by atoms with E-state index < -0.39 is 0 Å². The normalized spacial score (nSPS) is 10.8. The Morgan fingerprint density at radius 2 is 1.53 bits per heavy atom.